The molecule has 1 fully saturated rings. The summed E-state index contributed by atoms with van der Waals surface area (Å²) in [6, 6.07) is 13.4. The highest BCUT2D eigenvalue weighted by molar-refractivity contribution is 5.91. The van der Waals surface area contributed by atoms with E-state index in [0.717, 1.165) is 31.7 Å². The van der Waals surface area contributed by atoms with Crippen molar-refractivity contribution >= 4 is 5.97 Å². The summed E-state index contributed by atoms with van der Waals surface area (Å²) in [7, 11) is 1.67. The highest BCUT2D eigenvalue weighted by atomic mass is 19.2. The molecule has 1 aliphatic carbocycles. The maximum absolute atomic E-state index is 15.0. The van der Waals surface area contributed by atoms with Gasteiger partial charge in [-0.2, -0.15) is 0 Å². The summed E-state index contributed by atoms with van der Waals surface area (Å²) in [4.78, 5) is 12.4. The molecule has 0 heterocycles. The monoisotopic (exact) mass is 498 g/mol. The van der Waals surface area contributed by atoms with Gasteiger partial charge < -0.3 is 14.2 Å². The molecule has 0 aromatic heterocycles. The van der Waals surface area contributed by atoms with Gasteiger partial charge in [0.05, 0.1) is 18.3 Å². The Kier molecular flexibility index (Phi) is 8.44. The van der Waals surface area contributed by atoms with Crippen molar-refractivity contribution in [2.24, 2.45) is 0 Å². The normalized spacial score (nSPS) is 17.7. The number of halogens is 3. The van der Waals surface area contributed by atoms with E-state index in [4.69, 9.17) is 14.2 Å². The molecule has 0 saturated heterocycles. The average molecular weight is 499 g/mol. The number of benzene rings is 3. The lowest BCUT2D eigenvalue weighted by Gasteiger charge is -2.28. The van der Waals surface area contributed by atoms with E-state index in [-0.39, 0.29) is 35.5 Å². The predicted molar refractivity (Wildman–Crippen MR) is 130 cm³/mol. The topological polar surface area (TPSA) is 44.8 Å². The lowest BCUT2D eigenvalue weighted by atomic mass is 9.82. The fraction of sp³-hybridized carbons (Fsp3) is 0.345. The molecule has 4 rings (SSSR count). The van der Waals surface area contributed by atoms with Crippen molar-refractivity contribution in [3.8, 4) is 16.9 Å². The van der Waals surface area contributed by atoms with E-state index in [0.29, 0.717) is 23.3 Å². The van der Waals surface area contributed by atoms with Crippen LogP contribution in [-0.2, 0) is 16.1 Å². The number of carbonyl (C=O) groups excluding carboxylic acids is 1. The maximum atomic E-state index is 15.0. The predicted octanol–water partition coefficient (Wildman–Crippen LogP) is 7.20. The SMILES string of the molecule is CCOCc1ccc(C(=O)Oc2ccc(-c3ccc(C4CCC(OC)CC4)c(F)c3F)cc2)cc1F. The first-order valence-electron chi connectivity index (χ1n) is 12.1. The molecule has 0 atom stereocenters. The van der Waals surface area contributed by atoms with Crippen LogP contribution in [0.3, 0.4) is 0 Å². The smallest absolute Gasteiger partial charge is 0.343 e. The van der Waals surface area contributed by atoms with Gasteiger partial charge in [0.25, 0.3) is 0 Å². The van der Waals surface area contributed by atoms with Gasteiger partial charge >= 0.3 is 5.97 Å². The van der Waals surface area contributed by atoms with Crippen LogP contribution in [0.1, 0.15) is 60.0 Å². The van der Waals surface area contributed by atoms with Crippen LogP contribution in [0.4, 0.5) is 13.2 Å². The first-order chi connectivity index (χ1) is 17.4. The number of carbonyl (C=O) groups is 1. The largest absolute Gasteiger partial charge is 0.423 e. The number of hydrogen-bond acceptors (Lipinski definition) is 4. The molecule has 1 saturated carbocycles. The van der Waals surface area contributed by atoms with Gasteiger partial charge in [0, 0.05) is 24.8 Å². The molecule has 0 radical (unpaired) electrons. The van der Waals surface area contributed by atoms with Gasteiger partial charge in [-0.3, -0.25) is 0 Å². The summed E-state index contributed by atoms with van der Waals surface area (Å²) in [6.45, 7) is 2.38. The number of esters is 1. The first-order valence-corrected chi connectivity index (χ1v) is 12.1. The van der Waals surface area contributed by atoms with Gasteiger partial charge in [0.2, 0.25) is 0 Å². The third-order valence-electron chi connectivity index (χ3n) is 6.69. The molecule has 36 heavy (non-hydrogen) atoms. The molecule has 4 nitrogen and oxygen atoms in total. The summed E-state index contributed by atoms with van der Waals surface area (Å²) in [5.74, 6) is -2.82. The zero-order valence-electron chi connectivity index (χ0n) is 20.4. The van der Waals surface area contributed by atoms with E-state index < -0.39 is 23.4 Å². The summed E-state index contributed by atoms with van der Waals surface area (Å²) in [5, 5.41) is 0. The Bertz CT molecular complexity index is 1200. The molecule has 0 N–H and O–H groups in total. The van der Waals surface area contributed by atoms with Crippen LogP contribution in [0, 0.1) is 17.5 Å². The van der Waals surface area contributed by atoms with E-state index in [1.807, 2.05) is 6.92 Å². The third-order valence-corrected chi connectivity index (χ3v) is 6.69. The van der Waals surface area contributed by atoms with Crippen LogP contribution >= 0.6 is 0 Å². The van der Waals surface area contributed by atoms with E-state index in [2.05, 4.69) is 0 Å². The molecule has 0 spiro atoms. The average Bonchev–Trinajstić information content (AvgIpc) is 2.90. The van der Waals surface area contributed by atoms with E-state index >= 15 is 0 Å². The molecular weight excluding hydrogens is 469 g/mol. The van der Waals surface area contributed by atoms with Crippen LogP contribution in [0.5, 0.6) is 5.75 Å². The number of ether oxygens (including phenoxy) is 3. The fourth-order valence-corrected chi connectivity index (χ4v) is 4.58. The molecule has 0 bridgehead atoms. The minimum absolute atomic E-state index is 0.0280. The van der Waals surface area contributed by atoms with Crippen LogP contribution < -0.4 is 4.74 Å². The van der Waals surface area contributed by atoms with Crippen molar-refractivity contribution in [1.29, 1.82) is 0 Å². The lowest BCUT2D eigenvalue weighted by molar-refractivity contribution is 0.0655. The van der Waals surface area contributed by atoms with Gasteiger partial charge in [0.15, 0.2) is 11.6 Å². The second-order valence-electron chi connectivity index (χ2n) is 8.90. The number of hydrogen-bond donors (Lipinski definition) is 0. The Labute approximate surface area is 209 Å². The standard InChI is InChI=1S/C29H29F3O4/c1-3-35-17-21-5-4-20(16-26(21)30)29(33)36-23-12-8-19(9-13-23)25-15-14-24(27(31)28(25)32)18-6-10-22(34-2)11-7-18/h4-5,8-9,12-16,18,22H,3,6-7,10-11,17H2,1-2H3. The van der Waals surface area contributed by atoms with Gasteiger partial charge in [-0.05, 0) is 73.9 Å². The zero-order valence-corrected chi connectivity index (χ0v) is 20.4. The van der Waals surface area contributed by atoms with Crippen molar-refractivity contribution in [3.63, 3.8) is 0 Å². The highest BCUT2D eigenvalue weighted by Crippen LogP contribution is 2.37. The summed E-state index contributed by atoms with van der Waals surface area (Å²) >= 11 is 0. The summed E-state index contributed by atoms with van der Waals surface area (Å²) in [5.41, 5.74) is 1.38. The number of methoxy groups -OCH3 is 1. The van der Waals surface area contributed by atoms with E-state index in [9.17, 15) is 18.0 Å². The molecule has 3 aromatic rings. The fourth-order valence-electron chi connectivity index (χ4n) is 4.58. The van der Waals surface area contributed by atoms with Crippen molar-refractivity contribution in [2.75, 3.05) is 13.7 Å². The van der Waals surface area contributed by atoms with E-state index in [1.54, 1.807) is 31.4 Å². The van der Waals surface area contributed by atoms with Gasteiger partial charge in [-0.25, -0.2) is 18.0 Å². The minimum atomic E-state index is -0.895. The minimum Gasteiger partial charge on any atom is -0.423 e. The molecule has 0 aliphatic heterocycles. The Balaban J connectivity index is 1.44. The molecule has 0 unspecified atom stereocenters. The van der Waals surface area contributed by atoms with Gasteiger partial charge in [-0.15, -0.1) is 0 Å². The van der Waals surface area contributed by atoms with Crippen LogP contribution in [0.25, 0.3) is 11.1 Å². The molecule has 0 amide bonds. The quantitative estimate of drug-likeness (QED) is 0.243. The second-order valence-corrected chi connectivity index (χ2v) is 8.90. The van der Waals surface area contributed by atoms with Gasteiger partial charge in [-0.1, -0.05) is 30.3 Å². The first kappa shape index (κ1) is 25.9. The van der Waals surface area contributed by atoms with Gasteiger partial charge in [0.1, 0.15) is 11.6 Å². The second kappa shape index (κ2) is 11.7. The summed E-state index contributed by atoms with van der Waals surface area (Å²) in [6.07, 6.45) is 3.35. The third kappa shape index (κ3) is 5.79. The Morgan fingerprint density at radius 2 is 1.64 bits per heavy atom. The van der Waals surface area contributed by atoms with Crippen molar-refractivity contribution in [3.05, 3.63) is 88.7 Å². The Morgan fingerprint density at radius 1 is 0.917 bits per heavy atom. The number of rotatable bonds is 8. The van der Waals surface area contributed by atoms with Crippen LogP contribution in [0.2, 0.25) is 0 Å². The Morgan fingerprint density at radius 3 is 2.28 bits per heavy atom. The van der Waals surface area contributed by atoms with Crippen LogP contribution in [0.15, 0.2) is 54.6 Å². The maximum Gasteiger partial charge on any atom is 0.343 e. The lowest BCUT2D eigenvalue weighted by Crippen LogP contribution is -2.20. The van der Waals surface area contributed by atoms with E-state index in [1.165, 1.54) is 24.3 Å². The molecular formula is C29H29F3O4. The zero-order chi connectivity index (χ0) is 25.7. The molecule has 3 aromatic carbocycles. The summed E-state index contributed by atoms with van der Waals surface area (Å²) < 4.78 is 60.1. The van der Waals surface area contributed by atoms with Crippen molar-refractivity contribution < 1.29 is 32.2 Å². The molecule has 1 aliphatic rings. The Hall–Kier alpha value is -3.16. The molecule has 7 heteroatoms. The highest BCUT2D eigenvalue weighted by Gasteiger charge is 2.26. The van der Waals surface area contributed by atoms with Crippen molar-refractivity contribution in [1.82, 2.24) is 0 Å². The van der Waals surface area contributed by atoms with Crippen molar-refractivity contribution in [2.45, 2.75) is 51.2 Å². The van der Waals surface area contributed by atoms with Crippen LogP contribution in [-0.4, -0.2) is 25.8 Å². The molecule has 190 valence electrons.